The molecule has 0 amide bonds. The lowest BCUT2D eigenvalue weighted by atomic mass is 10.2. The van der Waals surface area contributed by atoms with Crippen LogP contribution >= 0.6 is 11.3 Å². The van der Waals surface area contributed by atoms with Crippen LogP contribution in [0, 0.1) is 26.6 Å². The van der Waals surface area contributed by atoms with Crippen LogP contribution < -0.4 is 4.72 Å². The van der Waals surface area contributed by atoms with Crippen molar-refractivity contribution in [2.75, 3.05) is 4.72 Å². The average Bonchev–Trinajstić information content (AvgIpc) is 3.08. The first kappa shape index (κ1) is 16.6. The molecule has 3 aromatic rings. The first-order valence-corrected chi connectivity index (χ1v) is 9.26. The number of nitrogens with zero attached hydrogens (tertiary/aromatic N) is 2. The Labute approximate surface area is 142 Å². The van der Waals surface area contributed by atoms with Crippen molar-refractivity contribution in [1.82, 2.24) is 10.1 Å². The van der Waals surface area contributed by atoms with E-state index in [1.807, 2.05) is 0 Å². The molecule has 2 aromatic heterocycles. The second kappa shape index (κ2) is 5.99. The fraction of sp³-hybridized carbons (Fsp3) is 0.200. The quantitative estimate of drug-likeness (QED) is 0.760. The van der Waals surface area contributed by atoms with Crippen LogP contribution in [-0.4, -0.2) is 18.6 Å². The zero-order chi connectivity index (χ0) is 17.5. The molecule has 0 saturated heterocycles. The smallest absolute Gasteiger partial charge is 0.263 e. The molecule has 0 bridgehead atoms. The molecule has 9 heteroatoms. The molecule has 1 aromatic carbocycles. The van der Waals surface area contributed by atoms with Gasteiger partial charge in [-0.3, -0.25) is 4.72 Å². The Balaban J connectivity index is 1.96. The Hall–Kier alpha value is -2.26. The SMILES string of the molecule is Cc1nc(-c2cc(S(=O)(=O)Nc3ccc(F)cc3C)c(C)s2)no1. The summed E-state index contributed by atoms with van der Waals surface area (Å²) in [5, 5.41) is 3.80. The molecule has 24 heavy (non-hydrogen) atoms. The minimum atomic E-state index is -3.81. The van der Waals surface area contributed by atoms with Crippen molar-refractivity contribution in [2.24, 2.45) is 0 Å². The van der Waals surface area contributed by atoms with Gasteiger partial charge in [0.25, 0.3) is 10.0 Å². The molecular formula is C15H14FN3O3S2. The standard InChI is InChI=1S/C15H14FN3O3S2/c1-8-6-11(16)4-5-12(8)19-24(20,21)14-7-13(23-9(14)2)15-17-10(3)22-18-15/h4-7,19H,1-3H3. The van der Waals surface area contributed by atoms with Crippen molar-refractivity contribution < 1.29 is 17.3 Å². The van der Waals surface area contributed by atoms with Gasteiger partial charge < -0.3 is 4.52 Å². The largest absolute Gasteiger partial charge is 0.339 e. The van der Waals surface area contributed by atoms with Gasteiger partial charge in [-0.1, -0.05) is 5.16 Å². The van der Waals surface area contributed by atoms with E-state index < -0.39 is 15.8 Å². The summed E-state index contributed by atoms with van der Waals surface area (Å²) in [4.78, 5) is 5.43. The summed E-state index contributed by atoms with van der Waals surface area (Å²) < 4.78 is 45.9. The third-order valence-electron chi connectivity index (χ3n) is 3.34. The normalized spacial score (nSPS) is 11.7. The lowest BCUT2D eigenvalue weighted by Gasteiger charge is -2.10. The summed E-state index contributed by atoms with van der Waals surface area (Å²) in [5.74, 6) is 0.331. The molecule has 2 heterocycles. The summed E-state index contributed by atoms with van der Waals surface area (Å²) in [6.45, 7) is 5.00. The number of benzene rings is 1. The summed E-state index contributed by atoms with van der Waals surface area (Å²) in [6.07, 6.45) is 0. The number of thiophene rings is 1. The molecule has 0 aliphatic heterocycles. The zero-order valence-corrected chi connectivity index (χ0v) is 14.8. The van der Waals surface area contributed by atoms with E-state index in [4.69, 9.17) is 4.52 Å². The predicted octanol–water partition coefficient (Wildman–Crippen LogP) is 3.66. The van der Waals surface area contributed by atoms with E-state index in [1.165, 1.54) is 35.6 Å². The first-order chi connectivity index (χ1) is 11.3. The van der Waals surface area contributed by atoms with Crippen LogP contribution in [0.1, 0.15) is 16.3 Å². The molecule has 0 fully saturated rings. The summed E-state index contributed by atoms with van der Waals surface area (Å²) in [6, 6.07) is 5.38. The third kappa shape index (κ3) is 3.17. The van der Waals surface area contributed by atoms with Gasteiger partial charge in [0.15, 0.2) is 0 Å². The molecule has 0 aliphatic rings. The molecule has 0 atom stereocenters. The molecule has 0 saturated carbocycles. The summed E-state index contributed by atoms with van der Waals surface area (Å²) in [5.41, 5.74) is 0.833. The van der Waals surface area contributed by atoms with E-state index in [0.717, 1.165) is 0 Å². The molecule has 3 rings (SSSR count). The minimum absolute atomic E-state index is 0.133. The van der Waals surface area contributed by atoms with Gasteiger partial charge in [-0.25, -0.2) is 12.8 Å². The molecule has 0 unspecified atom stereocenters. The maximum Gasteiger partial charge on any atom is 0.263 e. The van der Waals surface area contributed by atoms with Gasteiger partial charge in [0.1, 0.15) is 10.7 Å². The third-order valence-corrected chi connectivity index (χ3v) is 6.01. The van der Waals surface area contributed by atoms with Crippen LogP contribution in [-0.2, 0) is 10.0 Å². The van der Waals surface area contributed by atoms with Crippen LogP contribution in [0.15, 0.2) is 33.7 Å². The number of hydrogen-bond donors (Lipinski definition) is 1. The highest BCUT2D eigenvalue weighted by atomic mass is 32.2. The van der Waals surface area contributed by atoms with E-state index in [9.17, 15) is 12.8 Å². The second-order valence-corrected chi connectivity index (χ2v) is 8.14. The topological polar surface area (TPSA) is 85.1 Å². The lowest BCUT2D eigenvalue weighted by Crippen LogP contribution is -2.14. The number of aromatic nitrogens is 2. The van der Waals surface area contributed by atoms with E-state index >= 15 is 0 Å². The van der Waals surface area contributed by atoms with Gasteiger partial charge in [-0.2, -0.15) is 4.98 Å². The highest BCUT2D eigenvalue weighted by Crippen LogP contribution is 2.33. The van der Waals surface area contributed by atoms with E-state index in [1.54, 1.807) is 20.8 Å². The number of aryl methyl sites for hydroxylation is 3. The van der Waals surface area contributed by atoms with Gasteiger partial charge >= 0.3 is 0 Å². The number of rotatable bonds is 4. The molecule has 0 spiro atoms. The van der Waals surface area contributed by atoms with Crippen molar-refractivity contribution >= 4 is 27.0 Å². The Kier molecular flexibility index (Phi) is 4.14. The van der Waals surface area contributed by atoms with Crippen LogP contribution in [0.2, 0.25) is 0 Å². The van der Waals surface area contributed by atoms with Crippen molar-refractivity contribution in [1.29, 1.82) is 0 Å². The maximum atomic E-state index is 13.2. The predicted molar refractivity (Wildman–Crippen MR) is 89.0 cm³/mol. The summed E-state index contributed by atoms with van der Waals surface area (Å²) in [7, 11) is -3.81. The lowest BCUT2D eigenvalue weighted by molar-refractivity contribution is 0.394. The first-order valence-electron chi connectivity index (χ1n) is 6.96. The second-order valence-electron chi connectivity index (χ2n) is 5.23. The fourth-order valence-corrected chi connectivity index (χ4v) is 4.83. The van der Waals surface area contributed by atoms with Crippen molar-refractivity contribution in [2.45, 2.75) is 25.7 Å². The van der Waals surface area contributed by atoms with E-state index in [2.05, 4.69) is 14.9 Å². The summed E-state index contributed by atoms with van der Waals surface area (Å²) >= 11 is 1.26. The average molecular weight is 367 g/mol. The van der Waals surface area contributed by atoms with Crippen LogP contribution in [0.3, 0.4) is 0 Å². The van der Waals surface area contributed by atoms with Crippen molar-refractivity contribution in [3.05, 3.63) is 46.4 Å². The van der Waals surface area contributed by atoms with E-state index in [0.29, 0.717) is 32.7 Å². The van der Waals surface area contributed by atoms with E-state index in [-0.39, 0.29) is 4.90 Å². The molecular weight excluding hydrogens is 353 g/mol. The monoisotopic (exact) mass is 367 g/mol. The Morgan fingerprint density at radius 3 is 2.58 bits per heavy atom. The number of nitrogens with one attached hydrogen (secondary N) is 1. The van der Waals surface area contributed by atoms with Crippen molar-refractivity contribution in [3.63, 3.8) is 0 Å². The van der Waals surface area contributed by atoms with Gasteiger partial charge in [0.05, 0.1) is 10.6 Å². The Bertz CT molecular complexity index is 1010. The number of hydrogen-bond acceptors (Lipinski definition) is 6. The Morgan fingerprint density at radius 1 is 1.21 bits per heavy atom. The number of sulfonamides is 1. The van der Waals surface area contributed by atoms with Gasteiger partial charge in [0.2, 0.25) is 11.7 Å². The van der Waals surface area contributed by atoms with Gasteiger partial charge in [-0.05, 0) is 43.7 Å². The highest BCUT2D eigenvalue weighted by Gasteiger charge is 2.22. The Morgan fingerprint density at radius 2 is 1.96 bits per heavy atom. The van der Waals surface area contributed by atoms with Crippen molar-refractivity contribution in [3.8, 4) is 10.7 Å². The fourth-order valence-electron chi connectivity index (χ4n) is 2.18. The van der Waals surface area contributed by atoms with Crippen LogP contribution in [0.25, 0.3) is 10.7 Å². The molecule has 0 radical (unpaired) electrons. The maximum absolute atomic E-state index is 13.2. The zero-order valence-electron chi connectivity index (χ0n) is 13.1. The van der Waals surface area contributed by atoms with Crippen LogP contribution in [0.5, 0.6) is 0 Å². The molecule has 1 N–H and O–H groups in total. The highest BCUT2D eigenvalue weighted by molar-refractivity contribution is 7.93. The van der Waals surface area contributed by atoms with Gasteiger partial charge in [0, 0.05) is 11.8 Å². The minimum Gasteiger partial charge on any atom is -0.339 e. The number of anilines is 1. The molecule has 6 nitrogen and oxygen atoms in total. The molecule has 126 valence electrons. The van der Waals surface area contributed by atoms with Gasteiger partial charge in [-0.15, -0.1) is 11.3 Å². The number of halogens is 1. The molecule has 0 aliphatic carbocycles. The van der Waals surface area contributed by atoms with Crippen LogP contribution in [0.4, 0.5) is 10.1 Å².